The molecule has 0 unspecified atom stereocenters. The summed E-state index contributed by atoms with van der Waals surface area (Å²) in [5.74, 6) is 0.430. The van der Waals surface area contributed by atoms with Gasteiger partial charge >= 0.3 is 0 Å². The molecule has 0 atom stereocenters. The largest absolute Gasteiger partial charge is 0.442 e. The van der Waals surface area contributed by atoms with Gasteiger partial charge in [-0.05, 0) is 46.9 Å². The predicted molar refractivity (Wildman–Crippen MR) is 54.6 cm³/mol. The molecular formula is C9H5FINO. The normalized spacial score (nSPS) is 10.3. The van der Waals surface area contributed by atoms with Crippen molar-refractivity contribution in [1.82, 2.24) is 4.98 Å². The van der Waals surface area contributed by atoms with E-state index in [1.54, 1.807) is 12.1 Å². The van der Waals surface area contributed by atoms with Crippen molar-refractivity contribution in [2.24, 2.45) is 0 Å². The Morgan fingerprint density at radius 3 is 2.46 bits per heavy atom. The van der Waals surface area contributed by atoms with Crippen molar-refractivity contribution in [1.29, 1.82) is 0 Å². The summed E-state index contributed by atoms with van der Waals surface area (Å²) in [6, 6.07) is 6.12. The van der Waals surface area contributed by atoms with Crippen LogP contribution in [0.2, 0.25) is 0 Å². The molecule has 0 spiro atoms. The number of nitrogens with zero attached hydrogens (tertiary/aromatic N) is 1. The first-order valence-electron chi connectivity index (χ1n) is 3.62. The van der Waals surface area contributed by atoms with Gasteiger partial charge in [-0.2, -0.15) is 0 Å². The molecule has 0 saturated heterocycles. The van der Waals surface area contributed by atoms with Gasteiger partial charge in [0, 0.05) is 5.56 Å². The summed E-state index contributed by atoms with van der Waals surface area (Å²) in [6.45, 7) is 0. The highest BCUT2D eigenvalue weighted by molar-refractivity contribution is 14.1. The van der Waals surface area contributed by atoms with E-state index in [-0.39, 0.29) is 5.82 Å². The third kappa shape index (κ3) is 1.72. The molecule has 1 aromatic heterocycles. The van der Waals surface area contributed by atoms with Gasteiger partial charge in [0.2, 0.25) is 0 Å². The number of rotatable bonds is 1. The van der Waals surface area contributed by atoms with Crippen LogP contribution in [0.5, 0.6) is 0 Å². The minimum absolute atomic E-state index is 0.252. The van der Waals surface area contributed by atoms with Gasteiger partial charge in [-0.1, -0.05) is 0 Å². The fraction of sp³-hybridized carbons (Fsp3) is 0. The molecule has 0 radical (unpaired) electrons. The van der Waals surface area contributed by atoms with Gasteiger partial charge in [0.25, 0.3) is 0 Å². The van der Waals surface area contributed by atoms with Crippen molar-refractivity contribution in [3.05, 3.63) is 40.2 Å². The average Bonchev–Trinajstić information content (AvgIpc) is 2.53. The summed E-state index contributed by atoms with van der Waals surface area (Å²) in [6.07, 6.45) is 1.38. The standard InChI is InChI=1S/C9H5FINO/c10-7-3-1-6(2-4-7)8-9(11)12-5-13-8/h1-5H. The van der Waals surface area contributed by atoms with Crippen LogP contribution >= 0.6 is 22.6 Å². The van der Waals surface area contributed by atoms with Gasteiger partial charge in [-0.3, -0.25) is 0 Å². The van der Waals surface area contributed by atoms with Gasteiger partial charge in [0.05, 0.1) is 0 Å². The first kappa shape index (κ1) is 8.68. The number of hydrogen-bond donors (Lipinski definition) is 0. The lowest BCUT2D eigenvalue weighted by Gasteiger charge is -1.95. The van der Waals surface area contributed by atoms with E-state index < -0.39 is 0 Å². The maximum absolute atomic E-state index is 12.6. The molecule has 0 aliphatic carbocycles. The van der Waals surface area contributed by atoms with Crippen LogP contribution < -0.4 is 0 Å². The summed E-state index contributed by atoms with van der Waals surface area (Å²) in [5, 5.41) is 0. The minimum atomic E-state index is -0.252. The fourth-order valence-corrected chi connectivity index (χ4v) is 1.57. The molecule has 2 aromatic rings. The molecule has 2 nitrogen and oxygen atoms in total. The van der Waals surface area contributed by atoms with Crippen molar-refractivity contribution in [3.63, 3.8) is 0 Å². The number of aromatic nitrogens is 1. The lowest BCUT2D eigenvalue weighted by Crippen LogP contribution is -1.79. The van der Waals surface area contributed by atoms with Gasteiger partial charge in [0.1, 0.15) is 9.52 Å². The molecule has 0 N–H and O–H groups in total. The average molecular weight is 289 g/mol. The second-order valence-corrected chi connectivity index (χ2v) is 3.50. The summed E-state index contributed by atoms with van der Waals surface area (Å²) in [4.78, 5) is 3.94. The number of halogens is 2. The Kier molecular flexibility index (Phi) is 2.30. The molecule has 4 heteroatoms. The molecule has 0 amide bonds. The van der Waals surface area contributed by atoms with Crippen molar-refractivity contribution in [2.75, 3.05) is 0 Å². The zero-order valence-electron chi connectivity index (χ0n) is 6.50. The van der Waals surface area contributed by atoms with Crippen molar-refractivity contribution >= 4 is 22.6 Å². The number of oxazole rings is 1. The van der Waals surface area contributed by atoms with Gasteiger partial charge < -0.3 is 4.42 Å². The molecule has 1 heterocycles. The second kappa shape index (κ2) is 3.45. The topological polar surface area (TPSA) is 26.0 Å². The highest BCUT2D eigenvalue weighted by Gasteiger charge is 2.06. The molecule has 1 aromatic carbocycles. The van der Waals surface area contributed by atoms with Crippen LogP contribution in [0.1, 0.15) is 0 Å². The Hall–Kier alpha value is -0.910. The zero-order chi connectivity index (χ0) is 9.26. The van der Waals surface area contributed by atoms with Crippen molar-refractivity contribution < 1.29 is 8.81 Å². The maximum Gasteiger partial charge on any atom is 0.182 e. The van der Waals surface area contributed by atoms with E-state index in [2.05, 4.69) is 27.6 Å². The van der Waals surface area contributed by atoms with Crippen LogP contribution in [0, 0.1) is 9.52 Å². The number of hydrogen-bond acceptors (Lipinski definition) is 2. The Balaban J connectivity index is 2.47. The van der Waals surface area contributed by atoms with Crippen LogP contribution in [0.15, 0.2) is 35.1 Å². The van der Waals surface area contributed by atoms with E-state index in [0.717, 1.165) is 9.26 Å². The first-order chi connectivity index (χ1) is 6.27. The smallest absolute Gasteiger partial charge is 0.182 e. The second-order valence-electron chi connectivity index (χ2n) is 2.48. The Morgan fingerprint density at radius 1 is 1.23 bits per heavy atom. The lowest BCUT2D eigenvalue weighted by atomic mass is 10.2. The van der Waals surface area contributed by atoms with Crippen LogP contribution in [-0.2, 0) is 0 Å². The van der Waals surface area contributed by atoms with E-state index in [0.29, 0.717) is 5.76 Å². The van der Waals surface area contributed by atoms with Crippen LogP contribution in [0.25, 0.3) is 11.3 Å². The monoisotopic (exact) mass is 289 g/mol. The SMILES string of the molecule is Fc1ccc(-c2ocnc2I)cc1. The van der Waals surface area contributed by atoms with Gasteiger partial charge in [0.15, 0.2) is 12.2 Å². The molecule has 0 fully saturated rings. The minimum Gasteiger partial charge on any atom is -0.442 e. The van der Waals surface area contributed by atoms with Crippen LogP contribution in [-0.4, -0.2) is 4.98 Å². The van der Waals surface area contributed by atoms with Gasteiger partial charge in [-0.25, -0.2) is 9.37 Å². The third-order valence-corrected chi connectivity index (χ3v) is 2.40. The molecular weight excluding hydrogens is 284 g/mol. The highest BCUT2D eigenvalue weighted by atomic mass is 127. The van der Waals surface area contributed by atoms with Crippen LogP contribution in [0.4, 0.5) is 4.39 Å². The summed E-state index contributed by atoms with van der Waals surface area (Å²) in [7, 11) is 0. The number of benzene rings is 1. The molecule has 66 valence electrons. The molecule has 0 saturated carbocycles. The van der Waals surface area contributed by atoms with E-state index in [1.807, 2.05) is 0 Å². The Bertz CT molecular complexity index is 410. The summed E-state index contributed by atoms with van der Waals surface area (Å²) in [5.41, 5.74) is 0.836. The lowest BCUT2D eigenvalue weighted by molar-refractivity contribution is 0.571. The fourth-order valence-electron chi connectivity index (χ4n) is 1.02. The third-order valence-electron chi connectivity index (χ3n) is 1.63. The van der Waals surface area contributed by atoms with E-state index in [4.69, 9.17) is 4.42 Å². The molecule has 13 heavy (non-hydrogen) atoms. The van der Waals surface area contributed by atoms with Crippen molar-refractivity contribution in [2.45, 2.75) is 0 Å². The molecule has 0 bridgehead atoms. The maximum atomic E-state index is 12.6. The van der Waals surface area contributed by atoms with Crippen LogP contribution in [0.3, 0.4) is 0 Å². The summed E-state index contributed by atoms with van der Waals surface area (Å²) < 4.78 is 18.5. The predicted octanol–water partition coefficient (Wildman–Crippen LogP) is 3.09. The Morgan fingerprint density at radius 2 is 1.92 bits per heavy atom. The summed E-state index contributed by atoms with van der Waals surface area (Å²) >= 11 is 2.07. The Labute approximate surface area is 87.9 Å². The highest BCUT2D eigenvalue weighted by Crippen LogP contribution is 2.23. The van der Waals surface area contributed by atoms with Gasteiger partial charge in [-0.15, -0.1) is 0 Å². The van der Waals surface area contributed by atoms with Crippen molar-refractivity contribution in [3.8, 4) is 11.3 Å². The zero-order valence-corrected chi connectivity index (χ0v) is 8.66. The first-order valence-corrected chi connectivity index (χ1v) is 4.70. The van der Waals surface area contributed by atoms with E-state index >= 15 is 0 Å². The molecule has 0 aliphatic rings. The quantitative estimate of drug-likeness (QED) is 0.754. The molecule has 0 aliphatic heterocycles. The molecule has 2 rings (SSSR count). The van der Waals surface area contributed by atoms with E-state index in [1.165, 1.54) is 18.5 Å². The van der Waals surface area contributed by atoms with E-state index in [9.17, 15) is 4.39 Å².